The second-order valence-corrected chi connectivity index (χ2v) is 3.13. The maximum atomic E-state index is 13.4. The fourth-order valence-electron chi connectivity index (χ4n) is 1.18. The van der Waals surface area contributed by atoms with Gasteiger partial charge in [0.15, 0.2) is 11.6 Å². The van der Waals surface area contributed by atoms with Crippen molar-refractivity contribution in [1.82, 2.24) is 5.32 Å². The van der Waals surface area contributed by atoms with Gasteiger partial charge in [-0.3, -0.25) is 4.79 Å². The predicted molar refractivity (Wildman–Crippen MR) is 56.5 cm³/mol. The molecule has 0 radical (unpaired) electrons. The van der Waals surface area contributed by atoms with Crippen LogP contribution >= 0.6 is 0 Å². The van der Waals surface area contributed by atoms with Gasteiger partial charge in [-0.25, -0.2) is 4.39 Å². The smallest absolute Gasteiger partial charge is 0.245 e. The van der Waals surface area contributed by atoms with Gasteiger partial charge in [-0.05, 0) is 24.6 Å². The van der Waals surface area contributed by atoms with E-state index in [1.165, 1.54) is 12.1 Å². The van der Waals surface area contributed by atoms with Crippen molar-refractivity contribution in [2.24, 2.45) is 0 Å². The van der Waals surface area contributed by atoms with Gasteiger partial charge >= 0.3 is 0 Å². The Morgan fingerprint density at radius 1 is 1.56 bits per heavy atom. The molecule has 2 N–H and O–H groups in total. The minimum absolute atomic E-state index is 0.183. The van der Waals surface area contributed by atoms with E-state index in [0.29, 0.717) is 12.2 Å². The van der Waals surface area contributed by atoms with Crippen LogP contribution in [0.2, 0.25) is 0 Å². The molecule has 1 amide bonds. The number of benzene rings is 1. The lowest BCUT2D eigenvalue weighted by Crippen LogP contribution is -2.25. The molecule has 0 heterocycles. The summed E-state index contributed by atoms with van der Waals surface area (Å²) in [6, 6.07) is 4.47. The monoisotopic (exact) mass is 227 g/mol. The van der Waals surface area contributed by atoms with Crippen LogP contribution in [0.5, 0.6) is 5.75 Å². The highest BCUT2D eigenvalue weighted by atomic mass is 19.1. The molecule has 0 fully saturated rings. The largest absolute Gasteiger partial charge is 0.491 e. The number of aliphatic hydroxyl groups excluding tert-OH is 1. The molecule has 5 heteroatoms. The molecule has 0 aromatic heterocycles. The van der Waals surface area contributed by atoms with Gasteiger partial charge < -0.3 is 15.2 Å². The zero-order valence-corrected chi connectivity index (χ0v) is 9.00. The summed E-state index contributed by atoms with van der Waals surface area (Å²) in [5.41, 5.74) is 0.614. The zero-order valence-electron chi connectivity index (χ0n) is 9.00. The molecule has 0 aliphatic rings. The van der Waals surface area contributed by atoms with E-state index >= 15 is 0 Å². The van der Waals surface area contributed by atoms with Gasteiger partial charge in [0.25, 0.3) is 0 Å². The number of amides is 1. The quantitative estimate of drug-likeness (QED) is 0.783. The summed E-state index contributed by atoms with van der Waals surface area (Å²) >= 11 is 0. The summed E-state index contributed by atoms with van der Waals surface area (Å²) < 4.78 is 18.4. The first kappa shape index (κ1) is 12.4. The number of hydrogen-bond acceptors (Lipinski definition) is 3. The number of halogens is 1. The number of ether oxygens (including phenoxy) is 1. The summed E-state index contributed by atoms with van der Waals surface area (Å²) in [7, 11) is 0. The number of hydrogen-bond donors (Lipinski definition) is 2. The van der Waals surface area contributed by atoms with Crippen molar-refractivity contribution in [1.29, 1.82) is 0 Å². The molecule has 0 bridgehead atoms. The summed E-state index contributed by atoms with van der Waals surface area (Å²) in [5.74, 6) is -0.758. The Labute approximate surface area is 93.0 Å². The van der Waals surface area contributed by atoms with E-state index in [-0.39, 0.29) is 12.3 Å². The lowest BCUT2D eigenvalue weighted by Gasteiger charge is -2.07. The van der Waals surface area contributed by atoms with Crippen molar-refractivity contribution in [3.63, 3.8) is 0 Å². The van der Waals surface area contributed by atoms with Gasteiger partial charge in [-0.1, -0.05) is 6.07 Å². The molecule has 16 heavy (non-hydrogen) atoms. The topological polar surface area (TPSA) is 58.6 Å². The van der Waals surface area contributed by atoms with E-state index in [1.807, 2.05) is 0 Å². The highest BCUT2D eigenvalue weighted by Crippen LogP contribution is 2.18. The van der Waals surface area contributed by atoms with Crippen LogP contribution < -0.4 is 10.1 Å². The van der Waals surface area contributed by atoms with Gasteiger partial charge in [-0.15, -0.1) is 0 Å². The molecule has 0 aliphatic carbocycles. The van der Waals surface area contributed by atoms with E-state index < -0.39 is 18.3 Å². The number of rotatable bonds is 5. The van der Waals surface area contributed by atoms with Crippen molar-refractivity contribution in [2.75, 3.05) is 13.2 Å². The average molecular weight is 227 g/mol. The third kappa shape index (κ3) is 3.51. The molecule has 0 saturated carbocycles. The Kier molecular flexibility index (Phi) is 4.72. The molecule has 1 rings (SSSR count). The van der Waals surface area contributed by atoms with Crippen LogP contribution in [0.1, 0.15) is 12.5 Å². The Morgan fingerprint density at radius 3 is 2.88 bits per heavy atom. The lowest BCUT2D eigenvalue weighted by molar-refractivity contribution is -0.123. The summed E-state index contributed by atoms with van der Waals surface area (Å²) in [5, 5.41) is 10.9. The Bertz CT molecular complexity index is 368. The minimum atomic E-state index is -0.570. The molecular weight excluding hydrogens is 213 g/mol. The number of carbonyl (C=O) groups is 1. The molecule has 0 unspecified atom stereocenters. The van der Waals surface area contributed by atoms with Gasteiger partial charge in [0.1, 0.15) is 6.61 Å². The zero-order chi connectivity index (χ0) is 12.0. The number of carbonyl (C=O) groups excluding carboxylic acids is 1. The molecule has 0 atom stereocenters. The highest BCUT2D eigenvalue weighted by Gasteiger charge is 2.05. The normalized spacial score (nSPS) is 9.94. The Balaban J connectivity index is 2.62. The van der Waals surface area contributed by atoms with E-state index in [1.54, 1.807) is 13.0 Å². The van der Waals surface area contributed by atoms with Crippen molar-refractivity contribution < 1.29 is 19.0 Å². The van der Waals surface area contributed by atoms with Crippen molar-refractivity contribution in [2.45, 2.75) is 13.5 Å². The van der Waals surface area contributed by atoms with Crippen LogP contribution in [0.4, 0.5) is 4.39 Å². The minimum Gasteiger partial charge on any atom is -0.491 e. The SMILES string of the molecule is CCOc1ccc(CNC(=O)CO)cc1F. The van der Waals surface area contributed by atoms with Crippen molar-refractivity contribution in [3.8, 4) is 5.75 Å². The fraction of sp³-hybridized carbons (Fsp3) is 0.364. The molecule has 0 saturated heterocycles. The highest BCUT2D eigenvalue weighted by molar-refractivity contribution is 5.76. The Hall–Kier alpha value is -1.62. The molecule has 1 aromatic carbocycles. The molecule has 0 aliphatic heterocycles. The summed E-state index contributed by atoms with van der Waals surface area (Å²) in [6.45, 7) is 1.79. The van der Waals surface area contributed by atoms with Crippen LogP contribution in [-0.4, -0.2) is 24.2 Å². The maximum Gasteiger partial charge on any atom is 0.245 e. The molecule has 4 nitrogen and oxygen atoms in total. The second kappa shape index (κ2) is 6.07. The van der Waals surface area contributed by atoms with Crippen LogP contribution in [0.3, 0.4) is 0 Å². The van der Waals surface area contributed by atoms with E-state index in [0.717, 1.165) is 0 Å². The predicted octanol–water partition coefficient (Wildman–Crippen LogP) is 0.833. The lowest BCUT2D eigenvalue weighted by atomic mass is 10.2. The number of nitrogens with one attached hydrogen (secondary N) is 1. The Morgan fingerprint density at radius 2 is 2.31 bits per heavy atom. The number of aliphatic hydroxyl groups is 1. The molecule has 1 aromatic rings. The van der Waals surface area contributed by atoms with Gasteiger partial charge in [0.05, 0.1) is 6.61 Å². The third-order valence-corrected chi connectivity index (χ3v) is 1.93. The second-order valence-electron chi connectivity index (χ2n) is 3.13. The van der Waals surface area contributed by atoms with Gasteiger partial charge in [-0.2, -0.15) is 0 Å². The first-order chi connectivity index (χ1) is 7.67. The van der Waals surface area contributed by atoms with Gasteiger partial charge in [0, 0.05) is 6.54 Å². The fourth-order valence-corrected chi connectivity index (χ4v) is 1.18. The first-order valence-corrected chi connectivity index (χ1v) is 4.96. The van der Waals surface area contributed by atoms with E-state index in [9.17, 15) is 9.18 Å². The van der Waals surface area contributed by atoms with Crippen LogP contribution in [-0.2, 0) is 11.3 Å². The van der Waals surface area contributed by atoms with Crippen molar-refractivity contribution >= 4 is 5.91 Å². The van der Waals surface area contributed by atoms with Gasteiger partial charge in [0.2, 0.25) is 5.91 Å². The molecule has 0 spiro atoms. The van der Waals surface area contributed by atoms with Crippen LogP contribution in [0.25, 0.3) is 0 Å². The molecule has 88 valence electrons. The summed E-state index contributed by atoms with van der Waals surface area (Å²) in [4.78, 5) is 10.8. The van der Waals surface area contributed by atoms with Crippen LogP contribution in [0, 0.1) is 5.82 Å². The maximum absolute atomic E-state index is 13.4. The molecular formula is C11H14FNO3. The third-order valence-electron chi connectivity index (χ3n) is 1.93. The van der Waals surface area contributed by atoms with E-state index in [4.69, 9.17) is 9.84 Å². The first-order valence-electron chi connectivity index (χ1n) is 4.96. The average Bonchev–Trinajstić information content (AvgIpc) is 2.29. The van der Waals surface area contributed by atoms with Crippen LogP contribution in [0.15, 0.2) is 18.2 Å². The van der Waals surface area contributed by atoms with Crippen molar-refractivity contribution in [3.05, 3.63) is 29.6 Å². The standard InChI is InChI=1S/C11H14FNO3/c1-2-16-10-4-3-8(5-9(10)12)6-13-11(15)7-14/h3-5,14H,2,6-7H2,1H3,(H,13,15). The summed E-state index contributed by atoms with van der Waals surface area (Å²) in [6.07, 6.45) is 0. The van der Waals surface area contributed by atoms with E-state index in [2.05, 4.69) is 5.32 Å².